The highest BCUT2D eigenvalue weighted by Crippen LogP contribution is 2.30. The summed E-state index contributed by atoms with van der Waals surface area (Å²) in [5.74, 6) is 0.432. The Labute approximate surface area is 135 Å². The van der Waals surface area contributed by atoms with Crippen molar-refractivity contribution < 1.29 is 24.2 Å². The molecular formula is C17H23NO5. The molecule has 1 aromatic carbocycles. The number of rotatable bonds is 9. The van der Waals surface area contributed by atoms with Gasteiger partial charge in [0.05, 0.1) is 0 Å². The van der Waals surface area contributed by atoms with Crippen molar-refractivity contribution in [2.45, 2.75) is 38.5 Å². The second kappa shape index (κ2) is 9.02. The molecule has 126 valence electrons. The Kier molecular flexibility index (Phi) is 6.72. The van der Waals surface area contributed by atoms with Gasteiger partial charge in [0.1, 0.15) is 13.2 Å². The Bertz CT molecular complexity index is 544. The Hall–Kier alpha value is -2.24. The van der Waals surface area contributed by atoms with E-state index in [1.165, 1.54) is 0 Å². The molecule has 0 aliphatic carbocycles. The van der Waals surface area contributed by atoms with Crippen molar-refractivity contribution in [3.8, 4) is 11.5 Å². The van der Waals surface area contributed by atoms with Crippen LogP contribution in [0, 0.1) is 0 Å². The van der Waals surface area contributed by atoms with Gasteiger partial charge in [-0.15, -0.1) is 0 Å². The van der Waals surface area contributed by atoms with E-state index in [9.17, 15) is 9.59 Å². The molecule has 1 heterocycles. The first-order valence-electron chi connectivity index (χ1n) is 8.06. The van der Waals surface area contributed by atoms with Crippen LogP contribution in [0.4, 0.5) is 0 Å². The maximum absolute atomic E-state index is 12.1. The Morgan fingerprint density at radius 3 is 2.48 bits per heavy atom. The highest BCUT2D eigenvalue weighted by atomic mass is 16.6. The van der Waals surface area contributed by atoms with Crippen molar-refractivity contribution in [3.63, 3.8) is 0 Å². The standard InChI is InChI=1S/C17H23NO5/c19-16(20)6-4-2-1-3-5-9-18-17(21)13-7-8-14-15(12-13)23-11-10-22-14/h7-8,12H,1-6,9-11H2,(H,18,21)(H,19,20). The summed E-state index contributed by atoms with van der Waals surface area (Å²) in [7, 11) is 0. The molecule has 0 saturated heterocycles. The van der Waals surface area contributed by atoms with Gasteiger partial charge in [0, 0.05) is 18.5 Å². The van der Waals surface area contributed by atoms with Gasteiger partial charge in [-0.25, -0.2) is 0 Å². The van der Waals surface area contributed by atoms with Gasteiger partial charge in [-0.1, -0.05) is 19.3 Å². The van der Waals surface area contributed by atoms with Gasteiger partial charge >= 0.3 is 5.97 Å². The second-order valence-corrected chi connectivity index (χ2v) is 5.53. The Balaban J connectivity index is 1.62. The maximum Gasteiger partial charge on any atom is 0.303 e. The summed E-state index contributed by atoms with van der Waals surface area (Å²) < 4.78 is 10.9. The van der Waals surface area contributed by atoms with E-state index in [0.29, 0.717) is 36.8 Å². The van der Waals surface area contributed by atoms with E-state index in [-0.39, 0.29) is 12.3 Å². The number of amides is 1. The zero-order valence-corrected chi connectivity index (χ0v) is 13.2. The molecule has 1 aromatic rings. The van der Waals surface area contributed by atoms with Crippen LogP contribution >= 0.6 is 0 Å². The van der Waals surface area contributed by atoms with Crippen LogP contribution in [0.3, 0.4) is 0 Å². The van der Waals surface area contributed by atoms with Gasteiger partial charge < -0.3 is 19.9 Å². The lowest BCUT2D eigenvalue weighted by molar-refractivity contribution is -0.137. The molecule has 0 bridgehead atoms. The molecule has 0 fully saturated rings. The lowest BCUT2D eigenvalue weighted by Crippen LogP contribution is -2.25. The van der Waals surface area contributed by atoms with Crippen molar-refractivity contribution in [1.29, 1.82) is 0 Å². The van der Waals surface area contributed by atoms with Crippen LogP contribution in [0.2, 0.25) is 0 Å². The largest absolute Gasteiger partial charge is 0.486 e. The van der Waals surface area contributed by atoms with Crippen LogP contribution in [0.15, 0.2) is 18.2 Å². The zero-order chi connectivity index (χ0) is 16.5. The normalized spacial score (nSPS) is 12.7. The van der Waals surface area contributed by atoms with Crippen molar-refractivity contribution in [3.05, 3.63) is 23.8 Å². The molecular weight excluding hydrogens is 298 g/mol. The molecule has 0 unspecified atom stereocenters. The topological polar surface area (TPSA) is 84.9 Å². The SMILES string of the molecule is O=C(O)CCCCCCCNC(=O)c1ccc2c(c1)OCCO2. The molecule has 1 amide bonds. The van der Waals surface area contributed by atoms with E-state index < -0.39 is 5.97 Å². The van der Waals surface area contributed by atoms with Gasteiger partial charge in [-0.2, -0.15) is 0 Å². The maximum atomic E-state index is 12.1. The summed E-state index contributed by atoms with van der Waals surface area (Å²) in [6.45, 7) is 1.65. The number of hydrogen-bond acceptors (Lipinski definition) is 4. The van der Waals surface area contributed by atoms with E-state index in [1.54, 1.807) is 18.2 Å². The van der Waals surface area contributed by atoms with Gasteiger partial charge in [0.15, 0.2) is 11.5 Å². The quantitative estimate of drug-likeness (QED) is 0.683. The molecule has 6 nitrogen and oxygen atoms in total. The molecule has 23 heavy (non-hydrogen) atoms. The van der Waals surface area contributed by atoms with E-state index in [0.717, 1.165) is 32.1 Å². The van der Waals surface area contributed by atoms with Crippen molar-refractivity contribution in [2.75, 3.05) is 19.8 Å². The van der Waals surface area contributed by atoms with Crippen molar-refractivity contribution in [2.24, 2.45) is 0 Å². The lowest BCUT2D eigenvalue weighted by atomic mass is 10.1. The third kappa shape index (κ3) is 5.81. The number of nitrogens with one attached hydrogen (secondary N) is 1. The van der Waals surface area contributed by atoms with Crippen LogP contribution in [0.1, 0.15) is 48.9 Å². The molecule has 0 atom stereocenters. The van der Waals surface area contributed by atoms with E-state index in [2.05, 4.69) is 5.32 Å². The summed E-state index contributed by atoms with van der Waals surface area (Å²) in [5, 5.41) is 11.4. The number of carbonyl (C=O) groups excluding carboxylic acids is 1. The average molecular weight is 321 g/mol. The first-order chi connectivity index (χ1) is 11.2. The number of carbonyl (C=O) groups is 2. The van der Waals surface area contributed by atoms with E-state index in [1.807, 2.05) is 0 Å². The number of carboxylic acid groups (broad SMARTS) is 1. The number of fused-ring (bicyclic) bond motifs is 1. The molecule has 2 rings (SSSR count). The van der Waals surface area contributed by atoms with E-state index >= 15 is 0 Å². The molecule has 0 spiro atoms. The van der Waals surface area contributed by atoms with Crippen LogP contribution in [0.5, 0.6) is 11.5 Å². The van der Waals surface area contributed by atoms with Crippen LogP contribution in [0.25, 0.3) is 0 Å². The van der Waals surface area contributed by atoms with Gasteiger partial charge in [0.25, 0.3) is 5.91 Å². The minimum Gasteiger partial charge on any atom is -0.486 e. The number of aliphatic carboxylic acids is 1. The van der Waals surface area contributed by atoms with E-state index in [4.69, 9.17) is 14.6 Å². The lowest BCUT2D eigenvalue weighted by Gasteiger charge is -2.18. The highest BCUT2D eigenvalue weighted by Gasteiger charge is 2.14. The summed E-state index contributed by atoms with van der Waals surface area (Å²) in [6, 6.07) is 5.19. The average Bonchev–Trinajstić information content (AvgIpc) is 2.56. The van der Waals surface area contributed by atoms with Gasteiger partial charge in [0.2, 0.25) is 0 Å². The Morgan fingerprint density at radius 1 is 1.00 bits per heavy atom. The second-order valence-electron chi connectivity index (χ2n) is 5.53. The summed E-state index contributed by atoms with van der Waals surface area (Å²) in [4.78, 5) is 22.4. The zero-order valence-electron chi connectivity index (χ0n) is 13.2. The van der Waals surface area contributed by atoms with Crippen molar-refractivity contribution >= 4 is 11.9 Å². The molecule has 0 aromatic heterocycles. The van der Waals surface area contributed by atoms with Gasteiger partial charge in [-0.3, -0.25) is 9.59 Å². The van der Waals surface area contributed by atoms with Crippen LogP contribution in [-0.4, -0.2) is 36.7 Å². The summed E-state index contributed by atoms with van der Waals surface area (Å²) in [5.41, 5.74) is 0.565. The smallest absolute Gasteiger partial charge is 0.303 e. The van der Waals surface area contributed by atoms with Crippen molar-refractivity contribution in [1.82, 2.24) is 5.32 Å². The van der Waals surface area contributed by atoms with Crippen LogP contribution in [-0.2, 0) is 4.79 Å². The fourth-order valence-corrected chi connectivity index (χ4v) is 2.42. The predicted molar refractivity (Wildman–Crippen MR) is 85.1 cm³/mol. The number of hydrogen-bond donors (Lipinski definition) is 2. The molecule has 0 radical (unpaired) electrons. The number of benzene rings is 1. The molecule has 1 aliphatic heterocycles. The minimum atomic E-state index is -0.739. The number of unbranched alkanes of at least 4 members (excludes halogenated alkanes) is 4. The molecule has 6 heteroatoms. The molecule has 1 aliphatic rings. The predicted octanol–water partition coefficient (Wildman–Crippen LogP) is 2.61. The van der Waals surface area contributed by atoms with Gasteiger partial charge in [-0.05, 0) is 31.0 Å². The minimum absolute atomic E-state index is 0.118. The molecule has 0 saturated carbocycles. The molecule has 2 N–H and O–H groups in total. The summed E-state index contributed by atoms with van der Waals surface area (Å²) >= 11 is 0. The summed E-state index contributed by atoms with van der Waals surface area (Å²) in [6.07, 6.45) is 4.75. The third-order valence-corrected chi connectivity index (χ3v) is 3.66. The first-order valence-corrected chi connectivity index (χ1v) is 8.06. The highest BCUT2D eigenvalue weighted by molar-refractivity contribution is 5.94. The third-order valence-electron chi connectivity index (χ3n) is 3.66. The Morgan fingerprint density at radius 2 is 1.70 bits per heavy atom. The fourth-order valence-electron chi connectivity index (χ4n) is 2.42. The monoisotopic (exact) mass is 321 g/mol. The fraction of sp³-hybridized carbons (Fsp3) is 0.529. The van der Waals surface area contributed by atoms with Crippen LogP contribution < -0.4 is 14.8 Å². The first kappa shape index (κ1) is 17.1. The number of carboxylic acids is 1. The number of ether oxygens (including phenoxy) is 2.